The number of nitrogens with zero attached hydrogens (tertiary/aromatic N) is 2. The zero-order valence-electron chi connectivity index (χ0n) is 21.6. The van der Waals surface area contributed by atoms with Crippen LogP contribution in [0.3, 0.4) is 0 Å². The molecule has 40 heavy (non-hydrogen) atoms. The molecule has 4 rings (SSSR count). The highest BCUT2D eigenvalue weighted by molar-refractivity contribution is 5.67. The number of aromatic nitrogens is 2. The molecular formula is C27H30F4N2O7. The lowest BCUT2D eigenvalue weighted by Crippen LogP contribution is -2.60. The first-order valence-electron chi connectivity index (χ1n) is 12.5. The minimum absolute atomic E-state index is 0.00486. The van der Waals surface area contributed by atoms with Crippen molar-refractivity contribution < 1.29 is 52.2 Å². The van der Waals surface area contributed by atoms with Crippen LogP contribution >= 0.6 is 0 Å². The Labute approximate surface area is 227 Å². The molecule has 9 nitrogen and oxygen atoms in total. The summed E-state index contributed by atoms with van der Waals surface area (Å²) >= 11 is 0. The quantitative estimate of drug-likeness (QED) is 0.290. The summed E-state index contributed by atoms with van der Waals surface area (Å²) < 4.78 is 69.2. The third-order valence-electron chi connectivity index (χ3n) is 6.36. The lowest BCUT2D eigenvalue weighted by atomic mass is 9.99. The number of ether oxygens (including phenoxy) is 3. The van der Waals surface area contributed by atoms with Gasteiger partial charge in [-0.25, -0.2) is 4.39 Å². The van der Waals surface area contributed by atoms with E-state index in [-0.39, 0.29) is 24.1 Å². The molecule has 3 aromatic rings. The fourth-order valence-corrected chi connectivity index (χ4v) is 4.34. The summed E-state index contributed by atoms with van der Waals surface area (Å²) in [5.41, 5.74) is 2.23. The zero-order valence-corrected chi connectivity index (χ0v) is 21.6. The number of hydrogen-bond acceptors (Lipinski definition) is 8. The molecule has 4 N–H and O–H groups in total. The van der Waals surface area contributed by atoms with Crippen molar-refractivity contribution in [3.8, 4) is 22.9 Å². The number of aliphatic hydroxyl groups is 4. The maximum Gasteiger partial charge on any atom is 0.422 e. The van der Waals surface area contributed by atoms with E-state index < -0.39 is 55.9 Å². The van der Waals surface area contributed by atoms with Gasteiger partial charge in [0.2, 0.25) is 12.2 Å². The van der Waals surface area contributed by atoms with Crippen LogP contribution in [0.1, 0.15) is 31.0 Å². The summed E-state index contributed by atoms with van der Waals surface area (Å²) in [6.45, 7) is 1.60. The highest BCUT2D eigenvalue weighted by Gasteiger charge is 2.45. The van der Waals surface area contributed by atoms with Gasteiger partial charge in [0, 0.05) is 23.6 Å². The first-order chi connectivity index (χ1) is 18.9. The first kappa shape index (κ1) is 29.7. The molecule has 0 spiro atoms. The van der Waals surface area contributed by atoms with Gasteiger partial charge in [-0.1, -0.05) is 12.1 Å². The maximum atomic E-state index is 13.6. The van der Waals surface area contributed by atoms with Gasteiger partial charge in [-0.2, -0.15) is 13.2 Å². The van der Waals surface area contributed by atoms with Crippen molar-refractivity contribution in [2.75, 3.05) is 13.2 Å². The van der Waals surface area contributed by atoms with Gasteiger partial charge in [-0.3, -0.25) is 4.68 Å². The summed E-state index contributed by atoms with van der Waals surface area (Å²) in [5.74, 6) is -0.432. The maximum absolute atomic E-state index is 13.6. The molecule has 2 aromatic carbocycles. The standard InChI is InChI=1S/C27H30F4N2O7/c1-14(2)33-21(16-5-9-18(10-6-16)38-13-27(29,30)31)19(11-15-3-7-17(28)8-4-15)25(32-33)40-26-24(37)23(36)22(35)20(12-34)39-26/h3-10,14,20,22-24,26,34-37H,11-13H2,1-2H3/t20-,22-,23+,24-,26+/m1/s1. The van der Waals surface area contributed by atoms with E-state index in [4.69, 9.17) is 14.2 Å². The summed E-state index contributed by atoms with van der Waals surface area (Å²) in [6, 6.07) is 11.4. The fourth-order valence-electron chi connectivity index (χ4n) is 4.34. The molecule has 0 bridgehead atoms. The molecule has 5 atom stereocenters. The second-order valence-electron chi connectivity index (χ2n) is 9.72. The van der Waals surface area contributed by atoms with E-state index in [9.17, 15) is 38.0 Å². The van der Waals surface area contributed by atoms with Crippen LogP contribution in [-0.2, 0) is 11.2 Å². The smallest absolute Gasteiger partial charge is 0.422 e. The van der Waals surface area contributed by atoms with Gasteiger partial charge in [0.15, 0.2) is 6.61 Å². The van der Waals surface area contributed by atoms with Gasteiger partial charge in [-0.15, -0.1) is 5.10 Å². The summed E-state index contributed by atoms with van der Waals surface area (Å²) in [7, 11) is 0. The van der Waals surface area contributed by atoms with Crippen LogP contribution < -0.4 is 9.47 Å². The van der Waals surface area contributed by atoms with Crippen molar-refractivity contribution in [3.05, 3.63) is 65.5 Å². The third-order valence-corrected chi connectivity index (χ3v) is 6.36. The van der Waals surface area contributed by atoms with Crippen molar-refractivity contribution >= 4 is 0 Å². The minimum atomic E-state index is -4.49. The lowest BCUT2D eigenvalue weighted by molar-refractivity contribution is -0.278. The van der Waals surface area contributed by atoms with Crippen molar-refractivity contribution in [2.24, 2.45) is 0 Å². The van der Waals surface area contributed by atoms with Gasteiger partial charge in [0.25, 0.3) is 0 Å². The van der Waals surface area contributed by atoms with Gasteiger partial charge in [0.1, 0.15) is 36.0 Å². The van der Waals surface area contributed by atoms with E-state index in [0.29, 0.717) is 22.4 Å². The highest BCUT2D eigenvalue weighted by Crippen LogP contribution is 2.37. The molecule has 0 amide bonds. The largest absolute Gasteiger partial charge is 0.484 e. The highest BCUT2D eigenvalue weighted by atomic mass is 19.4. The molecule has 2 heterocycles. The molecule has 0 radical (unpaired) electrons. The molecule has 1 fully saturated rings. The van der Waals surface area contributed by atoms with Gasteiger partial charge < -0.3 is 34.6 Å². The molecule has 218 valence electrons. The molecule has 1 aromatic heterocycles. The monoisotopic (exact) mass is 570 g/mol. The molecule has 13 heteroatoms. The molecular weight excluding hydrogens is 540 g/mol. The predicted molar refractivity (Wildman–Crippen MR) is 133 cm³/mol. The third kappa shape index (κ3) is 6.73. The Kier molecular flexibility index (Phi) is 9.00. The van der Waals surface area contributed by atoms with Crippen LogP contribution in [0.15, 0.2) is 48.5 Å². The molecule has 0 saturated carbocycles. The average molecular weight is 571 g/mol. The molecule has 1 aliphatic rings. The Bertz CT molecular complexity index is 1260. The number of halogens is 4. The minimum Gasteiger partial charge on any atom is -0.484 e. The van der Waals surface area contributed by atoms with E-state index in [2.05, 4.69) is 5.10 Å². The van der Waals surface area contributed by atoms with E-state index in [1.165, 1.54) is 24.3 Å². The topological polar surface area (TPSA) is 126 Å². The van der Waals surface area contributed by atoms with E-state index in [1.54, 1.807) is 28.9 Å². The van der Waals surface area contributed by atoms with Gasteiger partial charge in [-0.05, 0) is 55.8 Å². The Hall–Kier alpha value is -3.23. The van der Waals surface area contributed by atoms with Crippen LogP contribution in [-0.4, -0.2) is 80.3 Å². The van der Waals surface area contributed by atoms with Crippen molar-refractivity contribution in [2.45, 2.75) is 63.2 Å². The van der Waals surface area contributed by atoms with E-state index in [1.807, 2.05) is 13.8 Å². The Morgan fingerprint density at radius 3 is 2.20 bits per heavy atom. The normalized spacial score (nSPS) is 23.4. The van der Waals surface area contributed by atoms with Crippen LogP contribution in [0.4, 0.5) is 17.6 Å². The van der Waals surface area contributed by atoms with Crippen LogP contribution in [0, 0.1) is 5.82 Å². The number of aliphatic hydroxyl groups excluding tert-OH is 4. The summed E-state index contributed by atoms with van der Waals surface area (Å²) in [6.07, 6.45) is -12.0. The SMILES string of the molecule is CC(C)n1nc(O[C@@H]2O[C@H](CO)[C@@H](O)[C@H](O)[C@H]2O)c(Cc2ccc(F)cc2)c1-c1ccc(OCC(F)(F)F)cc1. The lowest BCUT2D eigenvalue weighted by Gasteiger charge is -2.39. The second-order valence-corrected chi connectivity index (χ2v) is 9.72. The average Bonchev–Trinajstić information content (AvgIpc) is 3.26. The molecule has 1 saturated heterocycles. The Morgan fingerprint density at radius 1 is 0.975 bits per heavy atom. The van der Waals surface area contributed by atoms with Crippen molar-refractivity contribution in [1.29, 1.82) is 0 Å². The summed E-state index contributed by atoms with van der Waals surface area (Å²) in [5, 5.41) is 44.9. The van der Waals surface area contributed by atoms with Crippen LogP contribution in [0.25, 0.3) is 11.3 Å². The number of rotatable bonds is 9. The van der Waals surface area contributed by atoms with Gasteiger partial charge >= 0.3 is 6.18 Å². The first-order valence-corrected chi connectivity index (χ1v) is 12.5. The molecule has 0 unspecified atom stereocenters. The molecule has 1 aliphatic heterocycles. The number of hydrogen-bond donors (Lipinski definition) is 4. The van der Waals surface area contributed by atoms with Crippen LogP contribution in [0.2, 0.25) is 0 Å². The fraction of sp³-hybridized carbons (Fsp3) is 0.444. The summed E-state index contributed by atoms with van der Waals surface area (Å²) in [4.78, 5) is 0. The van der Waals surface area contributed by atoms with E-state index in [0.717, 1.165) is 0 Å². The van der Waals surface area contributed by atoms with Crippen molar-refractivity contribution in [1.82, 2.24) is 9.78 Å². The number of alkyl halides is 3. The Morgan fingerprint density at radius 2 is 1.62 bits per heavy atom. The van der Waals surface area contributed by atoms with Crippen molar-refractivity contribution in [3.63, 3.8) is 0 Å². The van der Waals surface area contributed by atoms with E-state index >= 15 is 0 Å². The number of benzene rings is 2. The Balaban J connectivity index is 1.76. The predicted octanol–water partition coefficient (Wildman–Crippen LogP) is 2.98. The zero-order chi connectivity index (χ0) is 29.2. The molecule has 0 aliphatic carbocycles. The second kappa shape index (κ2) is 12.1. The van der Waals surface area contributed by atoms with Gasteiger partial charge in [0.05, 0.1) is 12.3 Å². The van der Waals surface area contributed by atoms with Crippen LogP contribution in [0.5, 0.6) is 11.6 Å².